The highest BCUT2D eigenvalue weighted by Gasteiger charge is 2.26. The molecule has 0 aromatic heterocycles. The molecule has 1 saturated carbocycles. The number of nitrogens with zero attached hydrogens (tertiary/aromatic N) is 1. The Morgan fingerprint density at radius 3 is 2.60 bits per heavy atom. The molecule has 20 heavy (non-hydrogen) atoms. The van der Waals surface area contributed by atoms with Gasteiger partial charge in [-0.05, 0) is 50.3 Å². The number of hydrogen-bond donors (Lipinski definition) is 1. The van der Waals surface area contributed by atoms with Crippen LogP contribution in [0.25, 0.3) is 0 Å². The summed E-state index contributed by atoms with van der Waals surface area (Å²) in [6.45, 7) is 0.958. The summed E-state index contributed by atoms with van der Waals surface area (Å²) in [7, 11) is 3.87. The first-order valence-electron chi connectivity index (χ1n) is 7.18. The summed E-state index contributed by atoms with van der Waals surface area (Å²) < 4.78 is 0. The van der Waals surface area contributed by atoms with E-state index in [0.29, 0.717) is 6.04 Å². The molecule has 0 saturated heterocycles. The van der Waals surface area contributed by atoms with Crippen LogP contribution in [0.1, 0.15) is 35.2 Å². The summed E-state index contributed by atoms with van der Waals surface area (Å²) in [6, 6.07) is 8.62. The van der Waals surface area contributed by atoms with Gasteiger partial charge in [-0.25, -0.2) is 0 Å². The first kappa shape index (κ1) is 15.4. The lowest BCUT2D eigenvalue weighted by Crippen LogP contribution is -2.29. The summed E-state index contributed by atoms with van der Waals surface area (Å²) >= 11 is 2.00. The van der Waals surface area contributed by atoms with Crippen molar-refractivity contribution in [3.05, 3.63) is 35.4 Å². The SMILES string of the molecule is CNC(=O)c1ccc(CN(C)[C@@H]2CC[C@@H](SC)C2)cc1. The molecule has 1 fully saturated rings. The smallest absolute Gasteiger partial charge is 0.251 e. The van der Waals surface area contributed by atoms with Crippen LogP contribution in [-0.2, 0) is 6.54 Å². The molecule has 2 rings (SSSR count). The molecular formula is C16H24N2OS. The van der Waals surface area contributed by atoms with E-state index < -0.39 is 0 Å². The summed E-state index contributed by atoms with van der Waals surface area (Å²) in [5.41, 5.74) is 2.00. The molecule has 0 aliphatic heterocycles. The van der Waals surface area contributed by atoms with Crippen LogP contribution in [0.3, 0.4) is 0 Å². The van der Waals surface area contributed by atoms with Gasteiger partial charge in [-0.3, -0.25) is 9.69 Å². The van der Waals surface area contributed by atoms with Gasteiger partial charge in [0.1, 0.15) is 0 Å². The van der Waals surface area contributed by atoms with Gasteiger partial charge in [0, 0.05) is 30.4 Å². The Labute approximate surface area is 126 Å². The van der Waals surface area contributed by atoms with Crippen molar-refractivity contribution in [2.45, 2.75) is 37.1 Å². The minimum absolute atomic E-state index is 0.0245. The number of rotatable bonds is 5. The highest BCUT2D eigenvalue weighted by molar-refractivity contribution is 7.99. The number of thioether (sulfide) groups is 1. The van der Waals surface area contributed by atoms with Gasteiger partial charge in [-0.15, -0.1) is 0 Å². The zero-order valence-electron chi connectivity index (χ0n) is 12.6. The maximum absolute atomic E-state index is 11.5. The van der Waals surface area contributed by atoms with Crippen molar-refractivity contribution in [3.63, 3.8) is 0 Å². The van der Waals surface area contributed by atoms with E-state index in [1.54, 1.807) is 7.05 Å². The van der Waals surface area contributed by atoms with Gasteiger partial charge >= 0.3 is 0 Å². The normalized spacial score (nSPS) is 22.2. The average Bonchev–Trinajstić information content (AvgIpc) is 2.96. The highest BCUT2D eigenvalue weighted by atomic mass is 32.2. The Kier molecular flexibility index (Phi) is 5.49. The van der Waals surface area contributed by atoms with Crippen LogP contribution in [0.2, 0.25) is 0 Å². The molecule has 110 valence electrons. The van der Waals surface area contributed by atoms with E-state index in [0.717, 1.165) is 17.4 Å². The van der Waals surface area contributed by atoms with Crippen molar-refractivity contribution < 1.29 is 4.79 Å². The predicted octanol–water partition coefficient (Wildman–Crippen LogP) is 2.76. The molecule has 1 aliphatic rings. The fraction of sp³-hybridized carbons (Fsp3) is 0.562. The molecule has 0 bridgehead atoms. The van der Waals surface area contributed by atoms with E-state index in [2.05, 4.69) is 35.7 Å². The zero-order valence-corrected chi connectivity index (χ0v) is 13.4. The van der Waals surface area contributed by atoms with Gasteiger partial charge in [0.15, 0.2) is 0 Å². The second kappa shape index (κ2) is 7.14. The molecule has 0 heterocycles. The summed E-state index contributed by atoms with van der Waals surface area (Å²) in [5, 5.41) is 3.48. The predicted molar refractivity (Wildman–Crippen MR) is 86.2 cm³/mol. The third-order valence-electron chi connectivity index (χ3n) is 4.19. The van der Waals surface area contributed by atoms with Crippen LogP contribution in [-0.4, -0.2) is 42.4 Å². The molecule has 1 N–H and O–H groups in total. The molecule has 2 atom stereocenters. The number of hydrogen-bond acceptors (Lipinski definition) is 3. The van der Waals surface area contributed by atoms with E-state index in [1.165, 1.54) is 24.8 Å². The topological polar surface area (TPSA) is 32.3 Å². The molecule has 0 unspecified atom stereocenters. The molecule has 0 radical (unpaired) electrons. The molecule has 1 aromatic carbocycles. The first-order chi connectivity index (χ1) is 9.63. The lowest BCUT2D eigenvalue weighted by molar-refractivity contribution is 0.0963. The standard InChI is InChI=1S/C16H24N2OS/c1-17-16(19)13-6-4-12(5-7-13)11-18(2)14-8-9-15(10-14)20-3/h4-7,14-15H,8-11H2,1-3H3,(H,17,19)/t14-,15-/m1/s1. The number of benzene rings is 1. The van der Waals surface area contributed by atoms with Crippen molar-refractivity contribution >= 4 is 17.7 Å². The second-order valence-electron chi connectivity index (χ2n) is 5.52. The van der Waals surface area contributed by atoms with Gasteiger partial charge in [0.25, 0.3) is 5.91 Å². The van der Waals surface area contributed by atoms with Crippen LogP contribution in [0, 0.1) is 0 Å². The Morgan fingerprint density at radius 2 is 2.05 bits per heavy atom. The maximum atomic E-state index is 11.5. The van der Waals surface area contributed by atoms with E-state index in [1.807, 2.05) is 23.9 Å². The fourth-order valence-electron chi connectivity index (χ4n) is 2.85. The average molecular weight is 292 g/mol. The summed E-state index contributed by atoms with van der Waals surface area (Å²) in [4.78, 5) is 14.0. The van der Waals surface area contributed by atoms with Crippen LogP contribution >= 0.6 is 11.8 Å². The van der Waals surface area contributed by atoms with Crippen LogP contribution in [0.5, 0.6) is 0 Å². The molecule has 0 spiro atoms. The van der Waals surface area contributed by atoms with Crippen molar-refractivity contribution in [1.29, 1.82) is 0 Å². The lowest BCUT2D eigenvalue weighted by Gasteiger charge is -2.24. The largest absolute Gasteiger partial charge is 0.355 e. The minimum atomic E-state index is -0.0245. The van der Waals surface area contributed by atoms with Gasteiger partial charge in [0.05, 0.1) is 0 Å². The lowest BCUT2D eigenvalue weighted by atomic mass is 10.1. The first-order valence-corrected chi connectivity index (χ1v) is 8.47. The fourth-order valence-corrected chi connectivity index (χ4v) is 3.64. The number of amides is 1. The third kappa shape index (κ3) is 3.76. The monoisotopic (exact) mass is 292 g/mol. The number of carbonyl (C=O) groups excluding carboxylic acids is 1. The highest BCUT2D eigenvalue weighted by Crippen LogP contribution is 2.31. The quantitative estimate of drug-likeness (QED) is 0.905. The number of carbonyl (C=O) groups is 1. The Hall–Kier alpha value is -1.00. The van der Waals surface area contributed by atoms with Crippen molar-refractivity contribution in [1.82, 2.24) is 10.2 Å². The third-order valence-corrected chi connectivity index (χ3v) is 5.28. The van der Waals surface area contributed by atoms with E-state index in [-0.39, 0.29) is 5.91 Å². The zero-order chi connectivity index (χ0) is 14.5. The van der Waals surface area contributed by atoms with Crippen LogP contribution < -0.4 is 5.32 Å². The van der Waals surface area contributed by atoms with Gasteiger partial charge < -0.3 is 5.32 Å². The van der Waals surface area contributed by atoms with Crippen molar-refractivity contribution in [3.8, 4) is 0 Å². The molecule has 1 amide bonds. The number of nitrogens with one attached hydrogen (secondary N) is 1. The molecular weight excluding hydrogens is 268 g/mol. The molecule has 1 aliphatic carbocycles. The van der Waals surface area contributed by atoms with Crippen molar-refractivity contribution in [2.24, 2.45) is 0 Å². The van der Waals surface area contributed by atoms with Crippen molar-refractivity contribution in [2.75, 3.05) is 20.4 Å². The summed E-state index contributed by atoms with van der Waals surface area (Å²) in [6.07, 6.45) is 6.16. The van der Waals surface area contributed by atoms with E-state index >= 15 is 0 Å². The van der Waals surface area contributed by atoms with Crippen LogP contribution in [0.4, 0.5) is 0 Å². The summed E-state index contributed by atoms with van der Waals surface area (Å²) in [5.74, 6) is -0.0245. The second-order valence-corrected chi connectivity index (χ2v) is 6.65. The Bertz CT molecular complexity index is 446. The molecule has 4 heteroatoms. The van der Waals surface area contributed by atoms with Gasteiger partial charge in [-0.1, -0.05) is 12.1 Å². The van der Waals surface area contributed by atoms with Gasteiger partial charge in [0.2, 0.25) is 0 Å². The molecule has 1 aromatic rings. The Balaban J connectivity index is 1.91. The minimum Gasteiger partial charge on any atom is -0.355 e. The van der Waals surface area contributed by atoms with E-state index in [9.17, 15) is 4.79 Å². The van der Waals surface area contributed by atoms with E-state index in [4.69, 9.17) is 0 Å². The molecule has 3 nitrogen and oxygen atoms in total. The van der Waals surface area contributed by atoms with Crippen LogP contribution in [0.15, 0.2) is 24.3 Å². The Morgan fingerprint density at radius 1 is 1.35 bits per heavy atom. The van der Waals surface area contributed by atoms with Gasteiger partial charge in [-0.2, -0.15) is 11.8 Å². The maximum Gasteiger partial charge on any atom is 0.251 e.